The molecule has 0 aromatic heterocycles. The molecule has 1 nitrogen and oxygen atoms in total. The van der Waals surface area contributed by atoms with Crippen molar-refractivity contribution in [2.75, 3.05) is 0 Å². The van der Waals surface area contributed by atoms with Crippen molar-refractivity contribution in [3.8, 4) is 5.75 Å². The fourth-order valence-electron chi connectivity index (χ4n) is 1.87. The number of hydrogen-bond acceptors (Lipinski definition) is 1. The SMILES string of the molecule is CC(C)(C)CCCCCc1ccccc1O. The number of phenols is 1. The highest BCUT2D eigenvalue weighted by Gasteiger charge is 2.08. The summed E-state index contributed by atoms with van der Waals surface area (Å²) in [5.41, 5.74) is 1.53. The Hall–Kier alpha value is -0.980. The number of para-hydroxylation sites is 1. The van der Waals surface area contributed by atoms with Gasteiger partial charge in [-0.25, -0.2) is 0 Å². The van der Waals surface area contributed by atoms with E-state index in [4.69, 9.17) is 0 Å². The van der Waals surface area contributed by atoms with Crippen LogP contribution in [0.25, 0.3) is 0 Å². The minimum atomic E-state index is 0.443. The van der Waals surface area contributed by atoms with Crippen molar-refractivity contribution in [1.82, 2.24) is 0 Å². The summed E-state index contributed by atoms with van der Waals surface area (Å²) >= 11 is 0. The molecule has 1 aromatic carbocycles. The molecule has 0 heterocycles. The van der Waals surface area contributed by atoms with Crippen LogP contribution in [0.3, 0.4) is 0 Å². The van der Waals surface area contributed by atoms with Crippen molar-refractivity contribution in [2.24, 2.45) is 5.41 Å². The summed E-state index contributed by atoms with van der Waals surface area (Å²) in [6.07, 6.45) is 6.00. The lowest BCUT2D eigenvalue weighted by atomic mass is 9.89. The number of rotatable bonds is 5. The number of unbranched alkanes of at least 4 members (excludes halogenated alkanes) is 2. The average Bonchev–Trinajstić information content (AvgIpc) is 2.18. The second-order valence-corrected chi connectivity index (χ2v) is 5.75. The molecule has 1 aromatic rings. The summed E-state index contributed by atoms with van der Waals surface area (Å²) in [5, 5.41) is 9.60. The molecule has 1 rings (SSSR count). The third-order valence-electron chi connectivity index (χ3n) is 2.86. The monoisotopic (exact) mass is 220 g/mol. The van der Waals surface area contributed by atoms with E-state index in [1.807, 2.05) is 18.2 Å². The predicted molar refractivity (Wildman–Crippen MR) is 69.7 cm³/mol. The normalized spacial score (nSPS) is 11.7. The van der Waals surface area contributed by atoms with Crippen molar-refractivity contribution in [3.63, 3.8) is 0 Å². The minimum Gasteiger partial charge on any atom is -0.508 e. The van der Waals surface area contributed by atoms with E-state index in [0.29, 0.717) is 11.2 Å². The Kier molecular flexibility index (Phi) is 4.85. The lowest BCUT2D eigenvalue weighted by molar-refractivity contribution is 0.358. The Morgan fingerprint density at radius 2 is 1.69 bits per heavy atom. The van der Waals surface area contributed by atoms with Crippen molar-refractivity contribution in [3.05, 3.63) is 29.8 Å². The molecule has 1 N–H and O–H groups in total. The third-order valence-corrected chi connectivity index (χ3v) is 2.86. The molecule has 0 atom stereocenters. The fraction of sp³-hybridized carbons (Fsp3) is 0.600. The molecular formula is C15H24O. The Labute approximate surface area is 99.5 Å². The van der Waals surface area contributed by atoms with Gasteiger partial charge in [0.25, 0.3) is 0 Å². The van der Waals surface area contributed by atoms with E-state index >= 15 is 0 Å². The van der Waals surface area contributed by atoms with Crippen LogP contribution in [0.1, 0.15) is 52.0 Å². The third kappa shape index (κ3) is 5.20. The van der Waals surface area contributed by atoms with E-state index in [1.165, 1.54) is 25.7 Å². The smallest absolute Gasteiger partial charge is 0.118 e. The van der Waals surface area contributed by atoms with Gasteiger partial charge in [0.1, 0.15) is 5.75 Å². The highest BCUT2D eigenvalue weighted by atomic mass is 16.3. The summed E-state index contributed by atoms with van der Waals surface area (Å²) in [5.74, 6) is 0.443. The second kappa shape index (κ2) is 5.93. The van der Waals surface area contributed by atoms with E-state index in [0.717, 1.165) is 12.0 Å². The molecule has 0 amide bonds. The van der Waals surface area contributed by atoms with Crippen LogP contribution in [0.4, 0.5) is 0 Å². The van der Waals surface area contributed by atoms with Crippen molar-refractivity contribution >= 4 is 0 Å². The molecule has 0 fully saturated rings. The number of hydrogen-bond donors (Lipinski definition) is 1. The average molecular weight is 220 g/mol. The topological polar surface area (TPSA) is 20.2 Å². The number of phenolic OH excluding ortho intramolecular Hbond substituents is 1. The van der Waals surface area contributed by atoms with Crippen molar-refractivity contribution < 1.29 is 5.11 Å². The Morgan fingerprint density at radius 3 is 2.31 bits per heavy atom. The van der Waals surface area contributed by atoms with Gasteiger partial charge in [-0.05, 0) is 36.3 Å². The zero-order chi connectivity index (χ0) is 12.0. The summed E-state index contributed by atoms with van der Waals surface area (Å²) in [6, 6.07) is 7.65. The Balaban J connectivity index is 2.19. The molecular weight excluding hydrogens is 196 g/mol. The summed E-state index contributed by atoms with van der Waals surface area (Å²) in [4.78, 5) is 0. The van der Waals surface area contributed by atoms with Gasteiger partial charge in [-0.2, -0.15) is 0 Å². The molecule has 0 spiro atoms. The zero-order valence-corrected chi connectivity index (χ0v) is 10.8. The van der Waals surface area contributed by atoms with Crippen LogP contribution in [-0.4, -0.2) is 5.11 Å². The first kappa shape index (κ1) is 13.1. The molecule has 0 saturated carbocycles. The van der Waals surface area contributed by atoms with Gasteiger partial charge >= 0.3 is 0 Å². The van der Waals surface area contributed by atoms with Gasteiger partial charge in [-0.3, -0.25) is 0 Å². The first-order valence-electron chi connectivity index (χ1n) is 6.26. The first-order chi connectivity index (χ1) is 7.49. The Bertz CT molecular complexity index is 309. The Morgan fingerprint density at radius 1 is 1.00 bits per heavy atom. The van der Waals surface area contributed by atoms with Gasteiger partial charge in [0.15, 0.2) is 0 Å². The van der Waals surface area contributed by atoms with E-state index in [2.05, 4.69) is 20.8 Å². The molecule has 0 unspecified atom stereocenters. The van der Waals surface area contributed by atoms with Crippen LogP contribution in [0.15, 0.2) is 24.3 Å². The molecule has 0 aliphatic rings. The summed E-state index contributed by atoms with van der Waals surface area (Å²) in [6.45, 7) is 6.86. The molecule has 90 valence electrons. The van der Waals surface area contributed by atoms with Crippen LogP contribution < -0.4 is 0 Å². The fourth-order valence-corrected chi connectivity index (χ4v) is 1.87. The van der Waals surface area contributed by atoms with Crippen LogP contribution in [-0.2, 0) is 6.42 Å². The van der Waals surface area contributed by atoms with Crippen molar-refractivity contribution in [2.45, 2.75) is 52.9 Å². The maximum Gasteiger partial charge on any atom is 0.118 e. The highest BCUT2D eigenvalue weighted by molar-refractivity contribution is 5.31. The number of benzene rings is 1. The molecule has 0 aliphatic carbocycles. The van der Waals surface area contributed by atoms with E-state index < -0.39 is 0 Å². The molecule has 0 aliphatic heterocycles. The van der Waals surface area contributed by atoms with Gasteiger partial charge in [0, 0.05) is 0 Å². The summed E-state index contributed by atoms with van der Waals surface area (Å²) in [7, 11) is 0. The van der Waals surface area contributed by atoms with E-state index in [9.17, 15) is 5.11 Å². The highest BCUT2D eigenvalue weighted by Crippen LogP contribution is 2.23. The summed E-state index contributed by atoms with van der Waals surface area (Å²) < 4.78 is 0. The lowest BCUT2D eigenvalue weighted by Gasteiger charge is -2.17. The molecule has 0 saturated heterocycles. The van der Waals surface area contributed by atoms with Gasteiger partial charge in [-0.15, -0.1) is 0 Å². The van der Waals surface area contributed by atoms with Gasteiger partial charge < -0.3 is 5.11 Å². The minimum absolute atomic E-state index is 0.443. The molecule has 1 heteroatoms. The first-order valence-corrected chi connectivity index (χ1v) is 6.26. The molecule has 16 heavy (non-hydrogen) atoms. The van der Waals surface area contributed by atoms with Gasteiger partial charge in [0.05, 0.1) is 0 Å². The maximum atomic E-state index is 9.60. The maximum absolute atomic E-state index is 9.60. The van der Waals surface area contributed by atoms with E-state index in [1.54, 1.807) is 6.07 Å². The van der Waals surface area contributed by atoms with Crippen LogP contribution in [0.2, 0.25) is 0 Å². The largest absolute Gasteiger partial charge is 0.508 e. The quantitative estimate of drug-likeness (QED) is 0.722. The van der Waals surface area contributed by atoms with Gasteiger partial charge in [-0.1, -0.05) is 51.8 Å². The van der Waals surface area contributed by atoms with Crippen LogP contribution in [0, 0.1) is 5.41 Å². The second-order valence-electron chi connectivity index (χ2n) is 5.75. The molecule has 0 bridgehead atoms. The van der Waals surface area contributed by atoms with Crippen LogP contribution in [0.5, 0.6) is 5.75 Å². The molecule has 0 radical (unpaired) electrons. The van der Waals surface area contributed by atoms with E-state index in [-0.39, 0.29) is 0 Å². The number of aromatic hydroxyl groups is 1. The van der Waals surface area contributed by atoms with Crippen LogP contribution >= 0.6 is 0 Å². The number of aryl methyl sites for hydroxylation is 1. The lowest BCUT2D eigenvalue weighted by Crippen LogP contribution is -2.04. The van der Waals surface area contributed by atoms with Crippen molar-refractivity contribution in [1.29, 1.82) is 0 Å². The standard InChI is InChI=1S/C15H24O/c1-15(2,3)12-8-4-5-9-13-10-6-7-11-14(13)16/h6-7,10-11,16H,4-5,8-9,12H2,1-3H3. The predicted octanol–water partition coefficient (Wildman–Crippen LogP) is 4.54. The van der Waals surface area contributed by atoms with Gasteiger partial charge in [0.2, 0.25) is 0 Å². The zero-order valence-electron chi connectivity index (χ0n) is 10.8.